The summed E-state index contributed by atoms with van der Waals surface area (Å²) in [5.41, 5.74) is 3.60. The molecule has 94 valence electrons. The zero-order valence-corrected chi connectivity index (χ0v) is 11.5. The van der Waals surface area contributed by atoms with Gasteiger partial charge >= 0.3 is 0 Å². The van der Waals surface area contributed by atoms with Crippen LogP contribution in [0.1, 0.15) is 53.4 Å². The van der Waals surface area contributed by atoms with Gasteiger partial charge in [-0.15, -0.1) is 0 Å². The Morgan fingerprint density at radius 3 is 2.47 bits per heavy atom. The first-order valence-electron chi connectivity index (χ1n) is 6.50. The molecule has 0 heterocycles. The normalized spacial score (nSPS) is 19.6. The van der Waals surface area contributed by atoms with Crippen LogP contribution in [0.25, 0.3) is 0 Å². The van der Waals surface area contributed by atoms with Gasteiger partial charge in [-0.05, 0) is 59.0 Å². The van der Waals surface area contributed by atoms with E-state index < -0.39 is 0 Å². The van der Waals surface area contributed by atoms with Gasteiger partial charge in [-0.25, -0.2) is 0 Å². The van der Waals surface area contributed by atoms with Crippen LogP contribution in [0.2, 0.25) is 0 Å². The molecule has 0 aliphatic heterocycles. The molecule has 0 saturated heterocycles. The van der Waals surface area contributed by atoms with Crippen molar-refractivity contribution in [1.82, 2.24) is 0 Å². The molecule has 0 aromatic carbocycles. The van der Waals surface area contributed by atoms with Crippen LogP contribution in [-0.4, -0.2) is 5.78 Å². The van der Waals surface area contributed by atoms with Gasteiger partial charge in [0.1, 0.15) is 0 Å². The third-order valence-electron chi connectivity index (χ3n) is 3.13. The van der Waals surface area contributed by atoms with E-state index in [1.165, 1.54) is 11.1 Å². The number of Topliss-reactive ketones (excluding diaryl/α,β-unsaturated/α-hetero) is 1. The monoisotopic (exact) mass is 232 g/mol. The van der Waals surface area contributed by atoms with Crippen molar-refractivity contribution in [3.8, 4) is 0 Å². The number of allylic oxidation sites excluding steroid dienone is 6. The Morgan fingerprint density at radius 2 is 1.88 bits per heavy atom. The van der Waals surface area contributed by atoms with Crippen molar-refractivity contribution in [2.45, 2.75) is 53.4 Å². The Labute approximate surface area is 105 Å². The van der Waals surface area contributed by atoms with Crippen molar-refractivity contribution in [1.29, 1.82) is 0 Å². The van der Waals surface area contributed by atoms with E-state index in [0.29, 0.717) is 5.78 Å². The molecule has 1 aliphatic carbocycles. The van der Waals surface area contributed by atoms with E-state index in [9.17, 15) is 4.79 Å². The molecule has 1 nitrogen and oxygen atoms in total. The van der Waals surface area contributed by atoms with Gasteiger partial charge in [0.15, 0.2) is 5.78 Å². The Bertz CT molecular complexity index is 361. The summed E-state index contributed by atoms with van der Waals surface area (Å²) >= 11 is 0. The molecular weight excluding hydrogens is 208 g/mol. The lowest BCUT2D eigenvalue weighted by Crippen LogP contribution is -2.19. The minimum atomic E-state index is 0.218. The molecule has 0 unspecified atom stereocenters. The molecule has 0 spiro atoms. The van der Waals surface area contributed by atoms with Crippen molar-refractivity contribution in [2.24, 2.45) is 5.92 Å². The highest BCUT2D eigenvalue weighted by molar-refractivity contribution is 5.98. The lowest BCUT2D eigenvalue weighted by atomic mass is 9.83. The Hall–Kier alpha value is -1.11. The highest BCUT2D eigenvalue weighted by Gasteiger charge is 2.23. The Balaban J connectivity index is 2.64. The summed E-state index contributed by atoms with van der Waals surface area (Å²) in [6.45, 7) is 8.34. The molecule has 0 N–H and O–H groups in total. The first-order valence-corrected chi connectivity index (χ1v) is 6.50. The molecule has 17 heavy (non-hydrogen) atoms. The Morgan fingerprint density at radius 1 is 1.24 bits per heavy atom. The van der Waals surface area contributed by atoms with Crippen LogP contribution in [0, 0.1) is 5.92 Å². The van der Waals surface area contributed by atoms with E-state index in [2.05, 4.69) is 45.9 Å². The fraction of sp³-hybridized carbons (Fsp3) is 0.562. The van der Waals surface area contributed by atoms with Crippen LogP contribution in [-0.2, 0) is 4.79 Å². The fourth-order valence-electron chi connectivity index (χ4n) is 2.05. The van der Waals surface area contributed by atoms with Crippen molar-refractivity contribution >= 4 is 5.78 Å². The molecule has 1 rings (SSSR count). The molecule has 0 fully saturated rings. The molecule has 0 radical (unpaired) electrons. The van der Waals surface area contributed by atoms with Crippen molar-refractivity contribution < 1.29 is 4.79 Å². The van der Waals surface area contributed by atoms with Crippen molar-refractivity contribution in [3.05, 3.63) is 34.9 Å². The maximum absolute atomic E-state index is 12.2. The maximum atomic E-state index is 12.2. The maximum Gasteiger partial charge on any atom is 0.162 e. The van der Waals surface area contributed by atoms with Gasteiger partial charge in [-0.3, -0.25) is 4.79 Å². The number of rotatable bonds is 4. The molecule has 1 atom stereocenters. The van der Waals surface area contributed by atoms with Crippen LogP contribution in [0.15, 0.2) is 34.9 Å². The van der Waals surface area contributed by atoms with E-state index in [0.717, 1.165) is 31.3 Å². The van der Waals surface area contributed by atoms with Gasteiger partial charge in [0.25, 0.3) is 0 Å². The minimum Gasteiger partial charge on any atom is -0.294 e. The van der Waals surface area contributed by atoms with Gasteiger partial charge in [-0.1, -0.05) is 29.4 Å². The lowest BCUT2D eigenvalue weighted by molar-refractivity contribution is -0.119. The molecule has 1 aliphatic rings. The number of hydrogen-bond donors (Lipinski definition) is 0. The SMILES string of the molecule is CC(C)=CCC1=CCC[C@H](CC=C(C)C)C1=O. The van der Waals surface area contributed by atoms with Gasteiger partial charge < -0.3 is 0 Å². The van der Waals surface area contributed by atoms with Gasteiger partial charge in [0.2, 0.25) is 0 Å². The average molecular weight is 232 g/mol. The van der Waals surface area contributed by atoms with Crippen LogP contribution in [0.4, 0.5) is 0 Å². The third-order valence-corrected chi connectivity index (χ3v) is 3.13. The van der Waals surface area contributed by atoms with Crippen LogP contribution < -0.4 is 0 Å². The topological polar surface area (TPSA) is 17.1 Å². The number of carbonyl (C=O) groups is 1. The number of hydrogen-bond acceptors (Lipinski definition) is 1. The molecular formula is C16H24O. The highest BCUT2D eigenvalue weighted by Crippen LogP contribution is 2.26. The molecule has 0 amide bonds. The van der Waals surface area contributed by atoms with Gasteiger partial charge in [-0.2, -0.15) is 0 Å². The lowest BCUT2D eigenvalue weighted by Gasteiger charge is -2.20. The summed E-state index contributed by atoms with van der Waals surface area (Å²) in [7, 11) is 0. The molecule has 0 aromatic rings. The van der Waals surface area contributed by atoms with Crippen LogP contribution in [0.3, 0.4) is 0 Å². The van der Waals surface area contributed by atoms with Gasteiger partial charge in [0.05, 0.1) is 0 Å². The summed E-state index contributed by atoms with van der Waals surface area (Å²) in [5, 5.41) is 0. The summed E-state index contributed by atoms with van der Waals surface area (Å²) in [4.78, 5) is 12.2. The second-order valence-electron chi connectivity index (χ2n) is 5.37. The zero-order valence-electron chi connectivity index (χ0n) is 11.5. The van der Waals surface area contributed by atoms with Crippen LogP contribution in [0.5, 0.6) is 0 Å². The standard InChI is InChI=1S/C16H24O/c1-12(2)8-10-14-6-5-7-15(16(14)17)11-9-13(3)4/h6,8-9,15H,5,7,10-11H2,1-4H3/t15-/m1/s1. The van der Waals surface area contributed by atoms with Crippen molar-refractivity contribution in [3.63, 3.8) is 0 Å². The van der Waals surface area contributed by atoms with E-state index in [-0.39, 0.29) is 5.92 Å². The zero-order chi connectivity index (χ0) is 12.8. The first-order chi connectivity index (χ1) is 8.00. The molecule has 0 aromatic heterocycles. The summed E-state index contributed by atoms with van der Waals surface area (Å²) in [5.74, 6) is 0.585. The van der Waals surface area contributed by atoms with Crippen LogP contribution >= 0.6 is 0 Å². The second kappa shape index (κ2) is 6.58. The predicted molar refractivity (Wildman–Crippen MR) is 73.9 cm³/mol. The average Bonchev–Trinajstić information content (AvgIpc) is 2.25. The minimum absolute atomic E-state index is 0.218. The van der Waals surface area contributed by atoms with E-state index in [1.54, 1.807) is 0 Å². The highest BCUT2D eigenvalue weighted by atomic mass is 16.1. The smallest absolute Gasteiger partial charge is 0.162 e. The molecule has 0 saturated carbocycles. The molecule has 1 heteroatoms. The molecule has 0 bridgehead atoms. The number of ketones is 1. The summed E-state index contributed by atoms with van der Waals surface area (Å²) in [6, 6.07) is 0. The second-order valence-corrected chi connectivity index (χ2v) is 5.37. The largest absolute Gasteiger partial charge is 0.294 e. The summed E-state index contributed by atoms with van der Waals surface area (Å²) < 4.78 is 0. The first kappa shape index (κ1) is 14.0. The predicted octanol–water partition coefficient (Wildman–Crippen LogP) is 4.60. The summed E-state index contributed by atoms with van der Waals surface area (Å²) in [6.07, 6.45) is 10.2. The van der Waals surface area contributed by atoms with Crippen molar-refractivity contribution in [2.75, 3.05) is 0 Å². The van der Waals surface area contributed by atoms with E-state index >= 15 is 0 Å². The Kier molecular flexibility index (Phi) is 5.40. The van der Waals surface area contributed by atoms with Gasteiger partial charge in [0, 0.05) is 5.92 Å². The third kappa shape index (κ3) is 4.72. The van der Waals surface area contributed by atoms with E-state index in [4.69, 9.17) is 0 Å². The quantitative estimate of drug-likeness (QED) is 0.647. The number of carbonyl (C=O) groups excluding carboxylic acids is 1. The fourth-order valence-corrected chi connectivity index (χ4v) is 2.05. The van der Waals surface area contributed by atoms with E-state index in [1.807, 2.05) is 0 Å².